The summed E-state index contributed by atoms with van der Waals surface area (Å²) in [6.07, 6.45) is 0. The maximum absolute atomic E-state index is 11.7. The first kappa shape index (κ1) is 14.9. The van der Waals surface area contributed by atoms with Crippen LogP contribution in [0, 0.1) is 0 Å². The SMILES string of the molecule is CCOc1ccc(C(C)(Nc2ccccc2)C(=O)O)cc1. The molecular weight excluding hydrogens is 266 g/mol. The summed E-state index contributed by atoms with van der Waals surface area (Å²) in [4.78, 5) is 11.7. The summed E-state index contributed by atoms with van der Waals surface area (Å²) < 4.78 is 5.38. The van der Waals surface area contributed by atoms with Gasteiger partial charge in [0, 0.05) is 5.69 Å². The minimum absolute atomic E-state index is 0.581. The molecule has 0 bridgehead atoms. The minimum Gasteiger partial charge on any atom is -0.494 e. The van der Waals surface area contributed by atoms with Crippen molar-refractivity contribution in [3.8, 4) is 5.75 Å². The van der Waals surface area contributed by atoms with E-state index < -0.39 is 11.5 Å². The topological polar surface area (TPSA) is 58.6 Å². The van der Waals surface area contributed by atoms with Crippen molar-refractivity contribution in [2.45, 2.75) is 19.4 Å². The normalized spacial score (nSPS) is 13.2. The second-order valence-electron chi connectivity index (χ2n) is 4.88. The maximum atomic E-state index is 11.7. The summed E-state index contributed by atoms with van der Waals surface area (Å²) in [6.45, 7) is 4.14. The van der Waals surface area contributed by atoms with Gasteiger partial charge in [0.25, 0.3) is 0 Å². The number of rotatable bonds is 6. The highest BCUT2D eigenvalue weighted by Gasteiger charge is 2.35. The fourth-order valence-corrected chi connectivity index (χ4v) is 2.11. The zero-order chi connectivity index (χ0) is 15.3. The number of carboxylic acids is 1. The van der Waals surface area contributed by atoms with E-state index in [2.05, 4.69) is 5.32 Å². The number of anilines is 1. The number of nitrogens with one attached hydrogen (secondary N) is 1. The van der Waals surface area contributed by atoms with Gasteiger partial charge in [0.15, 0.2) is 5.54 Å². The Morgan fingerprint density at radius 3 is 2.29 bits per heavy atom. The number of hydrogen-bond acceptors (Lipinski definition) is 3. The average Bonchev–Trinajstić information content (AvgIpc) is 2.49. The molecule has 0 aliphatic heterocycles. The van der Waals surface area contributed by atoms with Crippen molar-refractivity contribution in [1.29, 1.82) is 0 Å². The number of ether oxygens (including phenoxy) is 1. The van der Waals surface area contributed by atoms with Gasteiger partial charge in [-0.05, 0) is 43.7 Å². The van der Waals surface area contributed by atoms with E-state index in [9.17, 15) is 9.90 Å². The number of para-hydroxylation sites is 1. The first-order chi connectivity index (χ1) is 10.1. The molecule has 0 saturated carbocycles. The predicted molar refractivity (Wildman–Crippen MR) is 82.7 cm³/mol. The Labute approximate surface area is 124 Å². The van der Waals surface area contributed by atoms with E-state index in [1.807, 2.05) is 37.3 Å². The number of aliphatic carboxylic acids is 1. The van der Waals surface area contributed by atoms with Crippen LogP contribution in [0.2, 0.25) is 0 Å². The fraction of sp³-hybridized carbons (Fsp3) is 0.235. The van der Waals surface area contributed by atoms with Crippen molar-refractivity contribution in [2.24, 2.45) is 0 Å². The largest absolute Gasteiger partial charge is 0.494 e. The lowest BCUT2D eigenvalue weighted by Gasteiger charge is -2.28. The van der Waals surface area contributed by atoms with Crippen molar-refractivity contribution in [2.75, 3.05) is 11.9 Å². The van der Waals surface area contributed by atoms with Crippen molar-refractivity contribution in [3.63, 3.8) is 0 Å². The quantitative estimate of drug-likeness (QED) is 0.853. The summed E-state index contributed by atoms with van der Waals surface area (Å²) in [5.74, 6) is -0.204. The minimum atomic E-state index is -1.20. The Kier molecular flexibility index (Phi) is 4.48. The van der Waals surface area contributed by atoms with Crippen molar-refractivity contribution in [1.82, 2.24) is 0 Å². The van der Waals surface area contributed by atoms with Crippen molar-refractivity contribution >= 4 is 11.7 Å². The van der Waals surface area contributed by atoms with Gasteiger partial charge in [-0.2, -0.15) is 0 Å². The molecule has 2 rings (SSSR count). The molecule has 0 aliphatic rings. The van der Waals surface area contributed by atoms with Crippen LogP contribution in [-0.2, 0) is 10.3 Å². The second-order valence-corrected chi connectivity index (χ2v) is 4.88. The molecule has 0 aliphatic carbocycles. The Hall–Kier alpha value is -2.49. The smallest absolute Gasteiger partial charge is 0.333 e. The van der Waals surface area contributed by atoms with Gasteiger partial charge in [-0.15, -0.1) is 0 Å². The molecule has 1 atom stereocenters. The van der Waals surface area contributed by atoms with Gasteiger partial charge in [-0.1, -0.05) is 30.3 Å². The lowest BCUT2D eigenvalue weighted by Crippen LogP contribution is -2.40. The van der Waals surface area contributed by atoms with Gasteiger partial charge in [0.1, 0.15) is 5.75 Å². The first-order valence-corrected chi connectivity index (χ1v) is 6.86. The lowest BCUT2D eigenvalue weighted by atomic mass is 9.91. The average molecular weight is 285 g/mol. The van der Waals surface area contributed by atoms with Crippen LogP contribution in [-0.4, -0.2) is 17.7 Å². The molecule has 0 fully saturated rings. The maximum Gasteiger partial charge on any atom is 0.333 e. The fourth-order valence-electron chi connectivity index (χ4n) is 2.11. The standard InChI is InChI=1S/C17H19NO3/c1-3-21-15-11-9-13(10-12-15)17(2,16(19)20)18-14-7-5-4-6-8-14/h4-12,18H,3H2,1-2H3,(H,19,20). The van der Waals surface area contributed by atoms with Gasteiger partial charge in [0.2, 0.25) is 0 Å². The first-order valence-electron chi connectivity index (χ1n) is 6.86. The molecule has 21 heavy (non-hydrogen) atoms. The third kappa shape index (κ3) is 3.34. The number of benzene rings is 2. The Morgan fingerprint density at radius 2 is 1.76 bits per heavy atom. The molecule has 4 nitrogen and oxygen atoms in total. The molecule has 1 unspecified atom stereocenters. The van der Waals surface area contributed by atoms with E-state index in [4.69, 9.17) is 4.74 Å². The Balaban J connectivity index is 2.31. The molecule has 4 heteroatoms. The van der Waals surface area contributed by atoms with Crippen LogP contribution in [0.1, 0.15) is 19.4 Å². The summed E-state index contributed by atoms with van der Waals surface area (Å²) in [5.41, 5.74) is 0.227. The van der Waals surface area contributed by atoms with Gasteiger partial charge < -0.3 is 15.2 Å². The molecule has 0 amide bonds. The third-order valence-corrected chi connectivity index (χ3v) is 3.34. The number of carboxylic acid groups (broad SMARTS) is 1. The molecule has 2 aromatic rings. The van der Waals surface area contributed by atoms with Crippen molar-refractivity contribution < 1.29 is 14.6 Å². The summed E-state index contributed by atoms with van der Waals surface area (Å²) in [6, 6.07) is 16.4. The molecule has 0 spiro atoms. The van der Waals surface area contributed by atoms with E-state index in [-0.39, 0.29) is 0 Å². The molecule has 2 N–H and O–H groups in total. The number of carbonyl (C=O) groups is 1. The van der Waals surface area contributed by atoms with Crippen LogP contribution in [0.4, 0.5) is 5.69 Å². The highest BCUT2D eigenvalue weighted by molar-refractivity contribution is 5.84. The molecule has 0 radical (unpaired) electrons. The third-order valence-electron chi connectivity index (χ3n) is 3.34. The Morgan fingerprint density at radius 1 is 1.14 bits per heavy atom. The van der Waals surface area contributed by atoms with Crippen molar-refractivity contribution in [3.05, 3.63) is 60.2 Å². The van der Waals surface area contributed by atoms with Gasteiger partial charge in [-0.3, -0.25) is 0 Å². The van der Waals surface area contributed by atoms with E-state index in [1.165, 1.54) is 0 Å². The van der Waals surface area contributed by atoms with Crippen LogP contribution in [0.15, 0.2) is 54.6 Å². The zero-order valence-corrected chi connectivity index (χ0v) is 12.2. The highest BCUT2D eigenvalue weighted by Crippen LogP contribution is 2.28. The molecular formula is C17H19NO3. The molecule has 0 saturated heterocycles. The van der Waals surface area contributed by atoms with E-state index in [0.29, 0.717) is 12.2 Å². The van der Waals surface area contributed by atoms with E-state index >= 15 is 0 Å². The van der Waals surface area contributed by atoms with Crippen LogP contribution in [0.25, 0.3) is 0 Å². The molecule has 0 heterocycles. The molecule has 110 valence electrons. The monoisotopic (exact) mass is 285 g/mol. The van der Waals surface area contributed by atoms with Gasteiger partial charge in [0.05, 0.1) is 6.61 Å². The summed E-state index contributed by atoms with van der Waals surface area (Å²) in [7, 11) is 0. The second kappa shape index (κ2) is 6.31. The van der Waals surface area contributed by atoms with Gasteiger partial charge in [-0.25, -0.2) is 4.79 Å². The van der Waals surface area contributed by atoms with Crippen LogP contribution in [0.3, 0.4) is 0 Å². The zero-order valence-electron chi connectivity index (χ0n) is 12.2. The Bertz CT molecular complexity index is 595. The summed E-state index contributed by atoms with van der Waals surface area (Å²) in [5, 5.41) is 12.7. The number of hydrogen-bond donors (Lipinski definition) is 2. The summed E-state index contributed by atoms with van der Waals surface area (Å²) >= 11 is 0. The van der Waals surface area contributed by atoms with Gasteiger partial charge >= 0.3 is 5.97 Å². The predicted octanol–water partition coefficient (Wildman–Crippen LogP) is 3.50. The van der Waals surface area contributed by atoms with Crippen LogP contribution < -0.4 is 10.1 Å². The van der Waals surface area contributed by atoms with E-state index in [1.54, 1.807) is 31.2 Å². The van der Waals surface area contributed by atoms with Crippen LogP contribution >= 0.6 is 0 Å². The molecule has 2 aromatic carbocycles. The van der Waals surface area contributed by atoms with E-state index in [0.717, 1.165) is 11.4 Å². The lowest BCUT2D eigenvalue weighted by molar-refractivity contribution is -0.142. The molecule has 0 aromatic heterocycles. The highest BCUT2D eigenvalue weighted by atomic mass is 16.5. The van der Waals surface area contributed by atoms with Crippen LogP contribution in [0.5, 0.6) is 5.75 Å².